The molecule has 1 amide bonds. The van der Waals surface area contributed by atoms with E-state index in [0.717, 1.165) is 12.8 Å². The van der Waals surface area contributed by atoms with E-state index in [2.05, 4.69) is 21.2 Å². The van der Waals surface area contributed by atoms with Crippen LogP contribution in [0.25, 0.3) is 0 Å². The predicted molar refractivity (Wildman–Crippen MR) is 65.9 cm³/mol. The summed E-state index contributed by atoms with van der Waals surface area (Å²) in [7, 11) is 0. The van der Waals surface area contributed by atoms with Crippen molar-refractivity contribution in [1.29, 1.82) is 5.26 Å². The summed E-state index contributed by atoms with van der Waals surface area (Å²) in [4.78, 5) is 11.6. The smallest absolute Gasteiger partial charge is 0.254 e. The fourth-order valence-electron chi connectivity index (χ4n) is 1.30. The zero-order chi connectivity index (χ0) is 12.7. The lowest BCUT2D eigenvalue weighted by Crippen LogP contribution is -2.25. The van der Waals surface area contributed by atoms with E-state index in [-0.39, 0.29) is 5.56 Å². The van der Waals surface area contributed by atoms with E-state index < -0.39 is 11.7 Å². The van der Waals surface area contributed by atoms with E-state index in [4.69, 9.17) is 5.26 Å². The number of amides is 1. The van der Waals surface area contributed by atoms with E-state index in [1.807, 2.05) is 6.07 Å². The summed E-state index contributed by atoms with van der Waals surface area (Å²) in [6.07, 6.45) is 1.93. The molecule has 0 fully saturated rings. The van der Waals surface area contributed by atoms with Gasteiger partial charge in [0.05, 0.1) is 11.6 Å². The number of nitrogens with zero attached hydrogens (tertiary/aromatic N) is 1. The largest absolute Gasteiger partial charge is 0.352 e. The molecule has 0 radical (unpaired) electrons. The van der Waals surface area contributed by atoms with Crippen molar-refractivity contribution in [3.8, 4) is 6.07 Å². The van der Waals surface area contributed by atoms with E-state index in [0.29, 0.717) is 17.4 Å². The maximum atomic E-state index is 13.4. The number of rotatable bonds is 5. The quantitative estimate of drug-likeness (QED) is 0.850. The Morgan fingerprint density at radius 1 is 1.47 bits per heavy atom. The van der Waals surface area contributed by atoms with E-state index in [1.165, 1.54) is 12.1 Å². The minimum Gasteiger partial charge on any atom is -0.352 e. The minimum absolute atomic E-state index is 0.0356. The molecule has 1 rings (SSSR count). The number of nitrogens with one attached hydrogen (secondary N) is 1. The molecule has 17 heavy (non-hydrogen) atoms. The maximum absolute atomic E-state index is 13.4. The number of carbonyl (C=O) groups is 1. The standard InChI is InChI=1S/C12H12BrFN2O/c13-9-4-5-10(11(14)8-9)12(17)16-7-3-1-2-6-15/h4-5,8H,1-3,7H2,(H,16,17). The molecule has 0 aliphatic carbocycles. The first-order valence-corrected chi connectivity index (χ1v) is 6.04. The van der Waals surface area contributed by atoms with Crippen LogP contribution in [0.1, 0.15) is 29.6 Å². The van der Waals surface area contributed by atoms with Crippen LogP contribution in [0.4, 0.5) is 4.39 Å². The number of halogens is 2. The Morgan fingerprint density at radius 2 is 2.24 bits per heavy atom. The third-order valence-corrected chi connectivity index (χ3v) is 2.67. The van der Waals surface area contributed by atoms with Gasteiger partial charge in [0.15, 0.2) is 0 Å². The molecular formula is C12H12BrFN2O. The molecule has 1 aromatic rings. The molecule has 0 aromatic heterocycles. The lowest BCUT2D eigenvalue weighted by molar-refractivity contribution is 0.0949. The fraction of sp³-hybridized carbons (Fsp3) is 0.333. The van der Waals surface area contributed by atoms with E-state index in [1.54, 1.807) is 6.07 Å². The van der Waals surface area contributed by atoms with Gasteiger partial charge >= 0.3 is 0 Å². The predicted octanol–water partition coefficient (Wildman–Crippen LogP) is 3.01. The van der Waals surface area contributed by atoms with Gasteiger partial charge in [-0.1, -0.05) is 15.9 Å². The molecule has 3 nitrogen and oxygen atoms in total. The number of nitriles is 1. The molecule has 0 aliphatic rings. The van der Waals surface area contributed by atoms with Crippen LogP contribution >= 0.6 is 15.9 Å². The Labute approximate surface area is 108 Å². The third-order valence-electron chi connectivity index (χ3n) is 2.18. The fourth-order valence-corrected chi connectivity index (χ4v) is 1.63. The van der Waals surface area contributed by atoms with Crippen molar-refractivity contribution in [3.63, 3.8) is 0 Å². The number of hydrogen-bond donors (Lipinski definition) is 1. The van der Waals surface area contributed by atoms with Crippen molar-refractivity contribution in [3.05, 3.63) is 34.1 Å². The second kappa shape index (κ2) is 7.02. The lowest BCUT2D eigenvalue weighted by atomic mass is 10.2. The number of carbonyl (C=O) groups excluding carboxylic acids is 1. The first kappa shape index (κ1) is 13.7. The van der Waals surface area contributed by atoms with Gasteiger partial charge in [0, 0.05) is 17.4 Å². The monoisotopic (exact) mass is 298 g/mol. The molecule has 1 N–H and O–H groups in total. The molecule has 0 bridgehead atoms. The first-order chi connectivity index (χ1) is 8.15. The Bertz CT molecular complexity index is 443. The highest BCUT2D eigenvalue weighted by Gasteiger charge is 2.10. The topological polar surface area (TPSA) is 52.9 Å². The molecule has 0 unspecified atom stereocenters. The normalized spacial score (nSPS) is 9.71. The van der Waals surface area contributed by atoms with Crippen LogP contribution < -0.4 is 5.32 Å². The molecule has 0 spiro atoms. The Balaban J connectivity index is 2.45. The van der Waals surface area contributed by atoms with Gasteiger partial charge in [-0.15, -0.1) is 0 Å². The highest BCUT2D eigenvalue weighted by molar-refractivity contribution is 9.10. The van der Waals surface area contributed by atoms with Gasteiger partial charge in [-0.3, -0.25) is 4.79 Å². The number of unbranched alkanes of at least 4 members (excludes halogenated alkanes) is 2. The van der Waals surface area contributed by atoms with E-state index in [9.17, 15) is 9.18 Å². The third kappa shape index (κ3) is 4.53. The molecule has 0 aliphatic heterocycles. The summed E-state index contributed by atoms with van der Waals surface area (Å²) in [6, 6.07) is 6.33. The number of hydrogen-bond acceptors (Lipinski definition) is 2. The summed E-state index contributed by atoms with van der Waals surface area (Å²) in [5, 5.41) is 10.9. The van der Waals surface area contributed by atoms with Gasteiger partial charge in [-0.2, -0.15) is 5.26 Å². The molecule has 90 valence electrons. The Kier molecular flexibility index (Phi) is 5.64. The summed E-state index contributed by atoms with van der Waals surface area (Å²) in [6.45, 7) is 0.454. The Morgan fingerprint density at radius 3 is 2.88 bits per heavy atom. The Hall–Kier alpha value is -1.41. The SMILES string of the molecule is N#CCCCCNC(=O)c1ccc(Br)cc1F. The second-order valence-electron chi connectivity index (χ2n) is 3.50. The van der Waals surface area contributed by atoms with Gasteiger partial charge in [-0.25, -0.2) is 4.39 Å². The van der Waals surface area contributed by atoms with Gasteiger partial charge in [-0.05, 0) is 31.0 Å². The zero-order valence-corrected chi connectivity index (χ0v) is 10.8. The number of benzene rings is 1. The van der Waals surface area contributed by atoms with Crippen molar-refractivity contribution in [2.24, 2.45) is 0 Å². The minimum atomic E-state index is -0.547. The van der Waals surface area contributed by atoms with Crippen LogP contribution in [-0.4, -0.2) is 12.5 Å². The van der Waals surface area contributed by atoms with Crippen LogP contribution in [0.2, 0.25) is 0 Å². The van der Waals surface area contributed by atoms with Crippen LogP contribution in [0.3, 0.4) is 0 Å². The first-order valence-electron chi connectivity index (χ1n) is 5.25. The molecular weight excluding hydrogens is 287 g/mol. The van der Waals surface area contributed by atoms with Crippen molar-refractivity contribution < 1.29 is 9.18 Å². The molecule has 5 heteroatoms. The van der Waals surface area contributed by atoms with Crippen molar-refractivity contribution in [2.45, 2.75) is 19.3 Å². The average molecular weight is 299 g/mol. The van der Waals surface area contributed by atoms with Crippen molar-refractivity contribution in [1.82, 2.24) is 5.32 Å². The maximum Gasteiger partial charge on any atom is 0.254 e. The van der Waals surface area contributed by atoms with Gasteiger partial charge in [0.25, 0.3) is 5.91 Å². The molecule has 1 aromatic carbocycles. The van der Waals surface area contributed by atoms with Gasteiger partial charge in [0.2, 0.25) is 0 Å². The van der Waals surface area contributed by atoms with Crippen molar-refractivity contribution >= 4 is 21.8 Å². The average Bonchev–Trinajstić information content (AvgIpc) is 2.28. The zero-order valence-electron chi connectivity index (χ0n) is 9.17. The van der Waals surface area contributed by atoms with E-state index >= 15 is 0 Å². The molecule has 0 atom stereocenters. The highest BCUT2D eigenvalue weighted by atomic mass is 79.9. The summed E-state index contributed by atoms with van der Waals surface area (Å²) in [5.41, 5.74) is 0.0356. The van der Waals surface area contributed by atoms with Crippen LogP contribution in [-0.2, 0) is 0 Å². The second-order valence-corrected chi connectivity index (χ2v) is 4.41. The van der Waals surface area contributed by atoms with Gasteiger partial charge < -0.3 is 5.32 Å². The van der Waals surface area contributed by atoms with Crippen molar-refractivity contribution in [2.75, 3.05) is 6.54 Å². The van der Waals surface area contributed by atoms with Crippen LogP contribution in [0, 0.1) is 17.1 Å². The summed E-state index contributed by atoms with van der Waals surface area (Å²) < 4.78 is 14.0. The molecule has 0 heterocycles. The molecule has 0 saturated carbocycles. The highest BCUT2D eigenvalue weighted by Crippen LogP contribution is 2.15. The summed E-state index contributed by atoms with van der Waals surface area (Å²) in [5.74, 6) is -0.971. The molecule has 0 saturated heterocycles. The van der Waals surface area contributed by atoms with Gasteiger partial charge in [0.1, 0.15) is 5.82 Å². The summed E-state index contributed by atoms with van der Waals surface area (Å²) >= 11 is 3.12. The van der Waals surface area contributed by atoms with Crippen LogP contribution in [0.5, 0.6) is 0 Å². The van der Waals surface area contributed by atoms with Crippen LogP contribution in [0.15, 0.2) is 22.7 Å². The lowest BCUT2D eigenvalue weighted by Gasteiger charge is -2.05.